The van der Waals surface area contributed by atoms with Crippen LogP contribution in [-0.4, -0.2) is 85.2 Å². The SMILES string of the molecule is NC(=O)C(CO)NC(=O)CN1CCN(CCCN2c3ccccc3Sc3ccc(C(F)(F)F)cc32)CC1. The lowest BCUT2D eigenvalue weighted by Gasteiger charge is -2.36. The number of fused-ring (bicyclic) bond motifs is 2. The Labute approximate surface area is 217 Å². The van der Waals surface area contributed by atoms with Crippen molar-refractivity contribution in [3.63, 3.8) is 0 Å². The van der Waals surface area contributed by atoms with Crippen molar-refractivity contribution in [3.8, 4) is 0 Å². The van der Waals surface area contributed by atoms with E-state index < -0.39 is 30.3 Å². The Balaban J connectivity index is 1.32. The smallest absolute Gasteiger partial charge is 0.394 e. The van der Waals surface area contributed by atoms with Gasteiger partial charge in [-0.15, -0.1) is 0 Å². The summed E-state index contributed by atoms with van der Waals surface area (Å²) >= 11 is 1.48. The van der Waals surface area contributed by atoms with Gasteiger partial charge in [-0.2, -0.15) is 13.2 Å². The fourth-order valence-electron chi connectivity index (χ4n) is 4.52. The molecule has 2 heterocycles. The summed E-state index contributed by atoms with van der Waals surface area (Å²) in [4.78, 5) is 31.4. The molecule has 37 heavy (non-hydrogen) atoms. The van der Waals surface area contributed by atoms with E-state index in [1.165, 1.54) is 17.8 Å². The van der Waals surface area contributed by atoms with Crippen molar-refractivity contribution in [2.24, 2.45) is 5.73 Å². The molecule has 0 aliphatic carbocycles. The number of aliphatic hydroxyl groups excluding tert-OH is 1. The monoisotopic (exact) mass is 537 g/mol. The van der Waals surface area contributed by atoms with E-state index >= 15 is 0 Å². The van der Waals surface area contributed by atoms with Crippen LogP contribution in [0.5, 0.6) is 0 Å². The molecule has 1 atom stereocenters. The molecule has 1 saturated heterocycles. The van der Waals surface area contributed by atoms with E-state index in [4.69, 9.17) is 10.8 Å². The predicted molar refractivity (Wildman–Crippen MR) is 135 cm³/mol. The van der Waals surface area contributed by atoms with Crippen LogP contribution >= 0.6 is 11.8 Å². The van der Waals surface area contributed by atoms with Gasteiger partial charge in [0.2, 0.25) is 11.8 Å². The lowest BCUT2D eigenvalue weighted by molar-refractivity contribution is -0.137. The van der Waals surface area contributed by atoms with Gasteiger partial charge in [0, 0.05) is 42.5 Å². The highest BCUT2D eigenvalue weighted by Crippen LogP contribution is 2.49. The van der Waals surface area contributed by atoms with Crippen LogP contribution in [0, 0.1) is 0 Å². The number of aliphatic hydroxyl groups is 1. The summed E-state index contributed by atoms with van der Waals surface area (Å²) in [5.41, 5.74) is 5.97. The zero-order chi connectivity index (χ0) is 26.6. The molecule has 0 radical (unpaired) electrons. The van der Waals surface area contributed by atoms with Crippen molar-refractivity contribution in [2.75, 3.05) is 57.3 Å². The third-order valence-corrected chi connectivity index (χ3v) is 7.63. The summed E-state index contributed by atoms with van der Waals surface area (Å²) in [6.45, 7) is 3.72. The predicted octanol–water partition coefficient (Wildman–Crippen LogP) is 2.28. The van der Waals surface area contributed by atoms with Crippen LogP contribution < -0.4 is 16.0 Å². The van der Waals surface area contributed by atoms with E-state index in [0.717, 1.165) is 47.6 Å². The van der Waals surface area contributed by atoms with Crippen LogP contribution in [-0.2, 0) is 15.8 Å². The standard InChI is InChI=1S/C25H30F3N5O3S/c26-25(27,28)17-6-7-22-20(14-17)33(19-4-1-2-5-21(19)37-22)9-3-8-31-10-12-32(13-11-31)15-23(35)30-18(16-34)24(29)36/h1-2,4-7,14,18,34H,3,8-13,15-16H2,(H2,29,36)(H,30,35). The molecular formula is C25H30F3N5O3S. The lowest BCUT2D eigenvalue weighted by atomic mass is 10.1. The second-order valence-electron chi connectivity index (χ2n) is 9.08. The molecule has 2 aromatic rings. The summed E-state index contributed by atoms with van der Waals surface area (Å²) in [6.07, 6.45) is -3.65. The van der Waals surface area contributed by atoms with Crippen LogP contribution in [0.25, 0.3) is 0 Å². The lowest BCUT2D eigenvalue weighted by Crippen LogP contribution is -2.53. The maximum atomic E-state index is 13.4. The van der Waals surface area contributed by atoms with Gasteiger partial charge in [0.25, 0.3) is 0 Å². The molecule has 4 rings (SSSR count). The van der Waals surface area contributed by atoms with Gasteiger partial charge < -0.3 is 26.0 Å². The molecular weight excluding hydrogens is 507 g/mol. The average molecular weight is 538 g/mol. The first-order valence-corrected chi connectivity index (χ1v) is 12.9. The molecule has 200 valence electrons. The molecule has 1 unspecified atom stereocenters. The number of carbonyl (C=O) groups excluding carboxylic acids is 2. The van der Waals surface area contributed by atoms with Crippen molar-refractivity contribution >= 4 is 35.0 Å². The largest absolute Gasteiger partial charge is 0.416 e. The fraction of sp³-hybridized carbons (Fsp3) is 0.440. The van der Waals surface area contributed by atoms with Crippen LogP contribution in [0.4, 0.5) is 24.5 Å². The number of amides is 2. The van der Waals surface area contributed by atoms with Crippen molar-refractivity contribution in [2.45, 2.75) is 28.4 Å². The van der Waals surface area contributed by atoms with E-state index in [0.29, 0.717) is 25.3 Å². The molecule has 2 aliphatic rings. The highest BCUT2D eigenvalue weighted by molar-refractivity contribution is 7.99. The number of anilines is 2. The van der Waals surface area contributed by atoms with Crippen molar-refractivity contribution in [1.29, 1.82) is 0 Å². The molecule has 0 spiro atoms. The zero-order valence-electron chi connectivity index (χ0n) is 20.2. The third kappa shape index (κ3) is 6.75. The summed E-state index contributed by atoms with van der Waals surface area (Å²) < 4.78 is 40.2. The van der Waals surface area contributed by atoms with Gasteiger partial charge >= 0.3 is 6.18 Å². The van der Waals surface area contributed by atoms with Gasteiger partial charge in [0.1, 0.15) is 6.04 Å². The first-order valence-electron chi connectivity index (χ1n) is 12.1. The van der Waals surface area contributed by atoms with Crippen LogP contribution in [0.3, 0.4) is 0 Å². The number of halogens is 3. The normalized spacial score (nSPS) is 17.1. The first-order chi connectivity index (χ1) is 17.7. The highest BCUT2D eigenvalue weighted by atomic mass is 32.2. The number of rotatable bonds is 9. The van der Waals surface area contributed by atoms with Crippen molar-refractivity contribution in [1.82, 2.24) is 15.1 Å². The minimum absolute atomic E-state index is 0.109. The summed E-state index contributed by atoms with van der Waals surface area (Å²) in [7, 11) is 0. The van der Waals surface area contributed by atoms with Gasteiger partial charge in [-0.3, -0.25) is 14.5 Å². The Morgan fingerprint density at radius 1 is 1.00 bits per heavy atom. The van der Waals surface area contributed by atoms with Gasteiger partial charge in [0.15, 0.2) is 0 Å². The average Bonchev–Trinajstić information content (AvgIpc) is 2.86. The maximum absolute atomic E-state index is 13.4. The topological polar surface area (TPSA) is 102 Å². The Morgan fingerprint density at radius 2 is 1.68 bits per heavy atom. The number of nitrogens with zero attached hydrogens (tertiary/aromatic N) is 3. The van der Waals surface area contributed by atoms with Crippen LogP contribution in [0.1, 0.15) is 12.0 Å². The summed E-state index contributed by atoms with van der Waals surface area (Å²) in [5, 5.41) is 11.6. The highest BCUT2D eigenvalue weighted by Gasteiger charge is 2.33. The molecule has 4 N–H and O–H groups in total. The van der Waals surface area contributed by atoms with Gasteiger partial charge in [-0.25, -0.2) is 0 Å². The summed E-state index contributed by atoms with van der Waals surface area (Å²) in [6, 6.07) is 10.6. The van der Waals surface area contributed by atoms with E-state index in [-0.39, 0.29) is 12.5 Å². The zero-order valence-corrected chi connectivity index (χ0v) is 21.0. The molecule has 2 aromatic carbocycles. The Morgan fingerprint density at radius 3 is 2.35 bits per heavy atom. The molecule has 0 bridgehead atoms. The molecule has 0 aromatic heterocycles. The third-order valence-electron chi connectivity index (χ3n) is 6.50. The van der Waals surface area contributed by atoms with Gasteiger partial charge in [-0.05, 0) is 43.3 Å². The number of para-hydroxylation sites is 1. The first kappa shape index (κ1) is 27.2. The van der Waals surface area contributed by atoms with E-state index in [2.05, 4.69) is 10.2 Å². The van der Waals surface area contributed by atoms with Gasteiger partial charge in [-0.1, -0.05) is 23.9 Å². The molecule has 1 fully saturated rings. The Hall–Kier alpha value is -2.80. The molecule has 8 nitrogen and oxygen atoms in total. The maximum Gasteiger partial charge on any atom is 0.416 e. The van der Waals surface area contributed by atoms with Crippen LogP contribution in [0.2, 0.25) is 0 Å². The second-order valence-corrected chi connectivity index (χ2v) is 10.2. The molecule has 2 aliphatic heterocycles. The van der Waals surface area contributed by atoms with Gasteiger partial charge in [0.05, 0.1) is 30.1 Å². The van der Waals surface area contributed by atoms with Crippen LogP contribution in [0.15, 0.2) is 52.3 Å². The number of hydrogen-bond acceptors (Lipinski definition) is 7. The number of piperazine rings is 1. The Bertz CT molecular complexity index is 1120. The number of nitrogens with one attached hydrogen (secondary N) is 1. The van der Waals surface area contributed by atoms with Crippen molar-refractivity contribution < 1.29 is 27.9 Å². The number of benzene rings is 2. The molecule has 2 amide bonds. The fourth-order valence-corrected chi connectivity index (χ4v) is 5.60. The number of primary amides is 1. The number of nitrogens with two attached hydrogens (primary N) is 1. The number of alkyl halides is 3. The number of hydrogen-bond donors (Lipinski definition) is 3. The molecule has 0 saturated carbocycles. The van der Waals surface area contributed by atoms with E-state index in [1.54, 1.807) is 6.07 Å². The minimum Gasteiger partial charge on any atom is -0.394 e. The van der Waals surface area contributed by atoms with E-state index in [9.17, 15) is 22.8 Å². The Kier molecular flexibility index (Phi) is 8.63. The molecule has 12 heteroatoms. The second kappa shape index (κ2) is 11.7. The quantitative estimate of drug-likeness (QED) is 0.451. The summed E-state index contributed by atoms with van der Waals surface area (Å²) in [5.74, 6) is -1.15. The number of carbonyl (C=O) groups is 2. The minimum atomic E-state index is -4.40. The van der Waals surface area contributed by atoms with Crippen molar-refractivity contribution in [3.05, 3.63) is 48.0 Å². The van der Waals surface area contributed by atoms with E-state index in [1.807, 2.05) is 34.1 Å².